The number of nitrogens with zero attached hydrogens (tertiary/aromatic N) is 2. The van der Waals surface area contributed by atoms with Gasteiger partial charge in [-0.2, -0.15) is 0 Å². The van der Waals surface area contributed by atoms with Gasteiger partial charge in [0, 0.05) is 23.5 Å². The summed E-state index contributed by atoms with van der Waals surface area (Å²) in [6.45, 7) is 12.2. The number of esters is 1. The van der Waals surface area contributed by atoms with Gasteiger partial charge in [-0.3, -0.25) is 4.79 Å². The van der Waals surface area contributed by atoms with Crippen LogP contribution in [-0.4, -0.2) is 42.0 Å². The Balaban J connectivity index is 2.36. The summed E-state index contributed by atoms with van der Waals surface area (Å²) in [7, 11) is 0. The van der Waals surface area contributed by atoms with Gasteiger partial charge in [-0.25, -0.2) is 14.4 Å². The maximum atomic E-state index is 14.5. The molecule has 0 atom stereocenters. The van der Waals surface area contributed by atoms with Crippen LogP contribution in [0.5, 0.6) is 0 Å². The first-order valence-electron chi connectivity index (χ1n) is 9.46. The van der Waals surface area contributed by atoms with Crippen LogP contribution in [0.2, 0.25) is 0 Å². The minimum atomic E-state index is -0.510. The maximum Gasteiger partial charge on any atom is 0.325 e. The van der Waals surface area contributed by atoms with Crippen molar-refractivity contribution in [3.05, 3.63) is 34.4 Å². The number of carbonyl (C=O) groups excluding carboxylic acids is 1. The molecule has 28 heavy (non-hydrogen) atoms. The molecule has 0 amide bonds. The predicted molar refractivity (Wildman–Crippen MR) is 108 cm³/mol. The van der Waals surface area contributed by atoms with Crippen molar-refractivity contribution >= 4 is 17.6 Å². The van der Waals surface area contributed by atoms with Crippen LogP contribution in [0.15, 0.2) is 22.3 Å². The molecule has 0 saturated heterocycles. The highest BCUT2D eigenvalue weighted by Crippen LogP contribution is 2.27. The molecule has 8 heteroatoms. The lowest BCUT2D eigenvalue weighted by Gasteiger charge is -2.24. The van der Waals surface area contributed by atoms with Crippen molar-refractivity contribution in [2.45, 2.75) is 53.0 Å². The van der Waals surface area contributed by atoms with Gasteiger partial charge < -0.3 is 21.1 Å². The molecule has 2 rings (SSSR count). The van der Waals surface area contributed by atoms with E-state index >= 15 is 0 Å². The molecule has 7 nitrogen and oxygen atoms in total. The molecule has 1 aliphatic rings. The van der Waals surface area contributed by atoms with E-state index in [0.29, 0.717) is 18.7 Å². The summed E-state index contributed by atoms with van der Waals surface area (Å²) in [5, 5.41) is 6.40. The molecule has 1 aromatic heterocycles. The lowest BCUT2D eigenvalue weighted by molar-refractivity contribution is -0.141. The standard InChI is InChI=1S/C20H30FN5O2/c1-7-28-16(27)10-23-17-14(9-24-20(17,5)6)18(22)26-19-15(21)8-13(11(2)3)12(4)25-19/h8,11,23-24H,7,9-10H2,1-6H3,(H2,22,25,26). The van der Waals surface area contributed by atoms with Crippen LogP contribution in [0.1, 0.15) is 51.8 Å². The molecule has 1 aromatic rings. The average Bonchev–Trinajstić information content (AvgIpc) is 2.90. The van der Waals surface area contributed by atoms with Gasteiger partial charge in [0.25, 0.3) is 0 Å². The van der Waals surface area contributed by atoms with E-state index in [2.05, 4.69) is 20.6 Å². The van der Waals surface area contributed by atoms with E-state index in [9.17, 15) is 9.18 Å². The Hall–Kier alpha value is -2.48. The van der Waals surface area contributed by atoms with E-state index in [1.54, 1.807) is 6.92 Å². The van der Waals surface area contributed by atoms with Crippen molar-refractivity contribution in [2.24, 2.45) is 10.7 Å². The van der Waals surface area contributed by atoms with Crippen LogP contribution in [0, 0.1) is 12.7 Å². The number of hydrogen-bond donors (Lipinski definition) is 3. The molecule has 0 aromatic carbocycles. The molecule has 0 saturated carbocycles. The Morgan fingerprint density at radius 2 is 2.18 bits per heavy atom. The molecule has 0 radical (unpaired) electrons. The Kier molecular flexibility index (Phi) is 6.77. The third-order valence-corrected chi connectivity index (χ3v) is 4.69. The number of amidine groups is 1. The average molecular weight is 391 g/mol. The zero-order valence-electron chi connectivity index (χ0n) is 17.4. The zero-order chi connectivity index (χ0) is 21.1. The second-order valence-electron chi connectivity index (χ2n) is 7.61. The molecule has 0 unspecified atom stereocenters. The predicted octanol–water partition coefficient (Wildman–Crippen LogP) is 2.43. The summed E-state index contributed by atoms with van der Waals surface area (Å²) in [4.78, 5) is 20.2. The molecule has 0 aliphatic carbocycles. The summed E-state index contributed by atoms with van der Waals surface area (Å²) >= 11 is 0. The van der Waals surface area contributed by atoms with Crippen molar-refractivity contribution in [2.75, 3.05) is 19.7 Å². The minimum absolute atomic E-state index is 0.0138. The largest absolute Gasteiger partial charge is 0.465 e. The van der Waals surface area contributed by atoms with Crippen LogP contribution in [0.4, 0.5) is 10.2 Å². The summed E-state index contributed by atoms with van der Waals surface area (Å²) in [5.74, 6) is -0.586. The molecule has 154 valence electrons. The Labute approximate surface area is 165 Å². The number of aliphatic imine (C=N–C) groups is 1. The van der Waals surface area contributed by atoms with Crippen LogP contribution < -0.4 is 16.4 Å². The minimum Gasteiger partial charge on any atom is -0.465 e. The summed E-state index contributed by atoms with van der Waals surface area (Å²) in [5.41, 5.74) is 8.74. The molecule has 0 bridgehead atoms. The summed E-state index contributed by atoms with van der Waals surface area (Å²) in [6.07, 6.45) is 0. The number of nitrogens with one attached hydrogen (secondary N) is 2. The van der Waals surface area contributed by atoms with Crippen molar-refractivity contribution in [1.82, 2.24) is 15.6 Å². The van der Waals surface area contributed by atoms with Crippen molar-refractivity contribution in [3.8, 4) is 0 Å². The quantitative estimate of drug-likeness (QED) is 0.375. The van der Waals surface area contributed by atoms with Crippen LogP contribution in [0.3, 0.4) is 0 Å². The van der Waals surface area contributed by atoms with E-state index in [-0.39, 0.29) is 30.1 Å². The Bertz CT molecular complexity index is 815. The molecular weight excluding hydrogens is 361 g/mol. The van der Waals surface area contributed by atoms with Gasteiger partial charge in [-0.1, -0.05) is 13.8 Å². The summed E-state index contributed by atoms with van der Waals surface area (Å²) in [6, 6.07) is 1.46. The van der Waals surface area contributed by atoms with E-state index in [1.807, 2.05) is 34.6 Å². The fourth-order valence-electron chi connectivity index (χ4n) is 3.21. The number of aryl methyl sites for hydroxylation is 1. The van der Waals surface area contributed by atoms with E-state index < -0.39 is 11.4 Å². The molecule has 4 N–H and O–H groups in total. The van der Waals surface area contributed by atoms with E-state index in [4.69, 9.17) is 10.5 Å². The van der Waals surface area contributed by atoms with Crippen molar-refractivity contribution in [3.63, 3.8) is 0 Å². The smallest absolute Gasteiger partial charge is 0.325 e. The zero-order valence-corrected chi connectivity index (χ0v) is 17.4. The topological polar surface area (TPSA) is 102 Å². The van der Waals surface area contributed by atoms with Crippen LogP contribution >= 0.6 is 0 Å². The van der Waals surface area contributed by atoms with E-state index in [0.717, 1.165) is 17.0 Å². The monoisotopic (exact) mass is 391 g/mol. The first kappa shape index (κ1) is 21.8. The number of nitrogens with two attached hydrogens (primary N) is 1. The lowest BCUT2D eigenvalue weighted by atomic mass is 10.0. The van der Waals surface area contributed by atoms with Gasteiger partial charge >= 0.3 is 5.97 Å². The van der Waals surface area contributed by atoms with E-state index in [1.165, 1.54) is 6.07 Å². The third kappa shape index (κ3) is 4.86. The Morgan fingerprint density at radius 3 is 2.79 bits per heavy atom. The number of halogens is 1. The van der Waals surface area contributed by atoms with Crippen molar-refractivity contribution in [1.29, 1.82) is 0 Å². The van der Waals surface area contributed by atoms with Gasteiger partial charge in [-0.15, -0.1) is 0 Å². The maximum absolute atomic E-state index is 14.5. The molecule has 1 aliphatic heterocycles. The lowest BCUT2D eigenvalue weighted by Crippen LogP contribution is -2.42. The van der Waals surface area contributed by atoms with Crippen LogP contribution in [0.25, 0.3) is 0 Å². The number of hydrogen-bond acceptors (Lipinski definition) is 6. The number of ether oxygens (including phenoxy) is 1. The number of pyridine rings is 1. The van der Waals surface area contributed by atoms with Gasteiger partial charge in [0.1, 0.15) is 12.4 Å². The highest BCUT2D eigenvalue weighted by atomic mass is 19.1. The highest BCUT2D eigenvalue weighted by molar-refractivity contribution is 6.00. The van der Waals surface area contributed by atoms with Crippen molar-refractivity contribution < 1.29 is 13.9 Å². The SMILES string of the molecule is CCOC(=O)CNC1=C(C(N)=Nc2nc(C)c(C(C)C)cc2F)CNC1(C)C. The molecule has 0 fully saturated rings. The molecular formula is C20H30FN5O2. The fourth-order valence-corrected chi connectivity index (χ4v) is 3.21. The van der Waals surface area contributed by atoms with Gasteiger partial charge in [0.05, 0.1) is 12.1 Å². The third-order valence-electron chi connectivity index (χ3n) is 4.69. The number of carbonyl (C=O) groups is 1. The van der Waals surface area contributed by atoms with Gasteiger partial charge in [-0.05, 0) is 45.2 Å². The number of rotatable bonds is 7. The fraction of sp³-hybridized carbons (Fsp3) is 0.550. The van der Waals surface area contributed by atoms with Gasteiger partial charge in [0.15, 0.2) is 11.6 Å². The summed E-state index contributed by atoms with van der Waals surface area (Å²) < 4.78 is 19.4. The Morgan fingerprint density at radius 1 is 1.50 bits per heavy atom. The second-order valence-corrected chi connectivity index (χ2v) is 7.61. The molecule has 0 spiro atoms. The second kappa shape index (κ2) is 8.68. The molecule has 2 heterocycles. The number of aromatic nitrogens is 1. The normalized spacial score (nSPS) is 16.6. The first-order valence-corrected chi connectivity index (χ1v) is 9.46. The first-order chi connectivity index (χ1) is 13.1. The highest BCUT2D eigenvalue weighted by Gasteiger charge is 2.34. The van der Waals surface area contributed by atoms with Crippen LogP contribution in [-0.2, 0) is 9.53 Å². The van der Waals surface area contributed by atoms with Gasteiger partial charge in [0.2, 0.25) is 0 Å².